The van der Waals surface area contributed by atoms with Crippen LogP contribution in [-0.4, -0.2) is 71.2 Å². The Labute approximate surface area is 267 Å². The summed E-state index contributed by atoms with van der Waals surface area (Å²) in [6, 6.07) is 0. The summed E-state index contributed by atoms with van der Waals surface area (Å²) in [5, 5.41) is 16.5. The first kappa shape index (κ1) is 48.9. The van der Waals surface area contributed by atoms with E-state index in [1.54, 1.807) is 0 Å². The van der Waals surface area contributed by atoms with Crippen LogP contribution in [0.4, 0.5) is 0 Å². The molecule has 0 heterocycles. The predicted molar refractivity (Wildman–Crippen MR) is 169 cm³/mol. The molecule has 0 aromatic carbocycles. The fraction of sp³-hybridized carbons (Fsp3) is 0.750. The van der Waals surface area contributed by atoms with Crippen molar-refractivity contribution in [3.05, 3.63) is 24.3 Å². The van der Waals surface area contributed by atoms with Gasteiger partial charge in [-0.3, -0.25) is 0 Å². The third-order valence-electron chi connectivity index (χ3n) is 5.06. The van der Waals surface area contributed by atoms with Gasteiger partial charge in [0.25, 0.3) is 0 Å². The first-order valence-corrected chi connectivity index (χ1v) is 15.0. The number of aliphatic carboxylic acids is 2. The molecule has 0 atom stereocenters. The average molecular weight is 692 g/mol. The van der Waals surface area contributed by atoms with Crippen LogP contribution < -0.4 is 0 Å². The van der Waals surface area contributed by atoms with Gasteiger partial charge in [-0.1, -0.05) is 120 Å². The van der Waals surface area contributed by atoms with Gasteiger partial charge in [-0.25, -0.2) is 19.2 Å². The van der Waals surface area contributed by atoms with Crippen LogP contribution in [0.25, 0.3) is 0 Å². The first-order valence-electron chi connectivity index (χ1n) is 15.0. The molecule has 0 rings (SSSR count). The van der Waals surface area contributed by atoms with E-state index >= 15 is 0 Å². The maximum absolute atomic E-state index is 10.9. The fourth-order valence-corrected chi connectivity index (χ4v) is 2.38. The van der Waals surface area contributed by atoms with E-state index in [2.05, 4.69) is 55.4 Å². The van der Waals surface area contributed by atoms with Crippen molar-refractivity contribution in [2.75, 3.05) is 13.2 Å². The van der Waals surface area contributed by atoms with E-state index < -0.39 is 23.9 Å². The van der Waals surface area contributed by atoms with Crippen LogP contribution in [-0.2, 0) is 28.7 Å². The number of esters is 2. The first-order chi connectivity index (χ1) is 18.9. The summed E-state index contributed by atoms with van der Waals surface area (Å²) in [5.74, 6) is -2.05. The van der Waals surface area contributed by atoms with Gasteiger partial charge in [0.05, 0.1) is 13.2 Å². The predicted octanol–water partition coefficient (Wildman–Crippen LogP) is 8.01. The quantitative estimate of drug-likeness (QED) is 0.0641. The number of hydrogen-bond acceptors (Lipinski definition) is 6. The van der Waals surface area contributed by atoms with Crippen LogP contribution >= 0.6 is 0 Å². The molecule has 0 spiro atoms. The SMILES string of the molecule is CC(C)CCCCCOC(=O)/C=C\C(=O)O.CC(C)CCCCCOC(=O)/C=C\C(=O)O.CCCC.CCCC.[Sn]. The van der Waals surface area contributed by atoms with Gasteiger partial charge in [0.2, 0.25) is 0 Å². The zero-order valence-electron chi connectivity index (χ0n) is 27.2. The molecule has 41 heavy (non-hydrogen) atoms. The standard InChI is InChI=1S/2C12H20O4.2C4H10.Sn/c2*1-10(2)6-4-3-5-9-16-12(15)8-7-11(13)14;2*1-3-4-2;/h2*7-8,10H,3-6,9H2,1-2H3,(H,13,14);2*3-4H2,1-2H3;/b2*8-7-;;;. The zero-order valence-corrected chi connectivity index (χ0v) is 30.1. The number of carboxylic acids is 2. The zero-order chi connectivity index (χ0) is 31.6. The van der Waals surface area contributed by atoms with Gasteiger partial charge in [0.1, 0.15) is 0 Å². The molecular formula is C32H60O8Sn. The molecule has 4 radical (unpaired) electrons. The van der Waals surface area contributed by atoms with Crippen LogP contribution in [0, 0.1) is 11.8 Å². The van der Waals surface area contributed by atoms with Crippen molar-refractivity contribution in [1.29, 1.82) is 0 Å². The third kappa shape index (κ3) is 62.9. The van der Waals surface area contributed by atoms with E-state index in [0.717, 1.165) is 62.8 Å². The maximum atomic E-state index is 10.9. The molecule has 0 bridgehead atoms. The molecular weight excluding hydrogens is 631 g/mol. The second-order valence-corrected chi connectivity index (χ2v) is 10.2. The number of rotatable bonds is 18. The number of carbonyl (C=O) groups is 4. The molecule has 0 aromatic heterocycles. The normalized spacial score (nSPS) is 10.0. The molecule has 0 aromatic rings. The Hall–Kier alpha value is -1.84. The van der Waals surface area contributed by atoms with Crippen molar-refractivity contribution in [2.24, 2.45) is 11.8 Å². The molecule has 0 aliphatic heterocycles. The fourth-order valence-electron chi connectivity index (χ4n) is 2.38. The summed E-state index contributed by atoms with van der Waals surface area (Å²) >= 11 is 0. The molecule has 9 heteroatoms. The van der Waals surface area contributed by atoms with E-state index in [1.165, 1.54) is 38.5 Å². The van der Waals surface area contributed by atoms with Crippen molar-refractivity contribution in [3.63, 3.8) is 0 Å². The number of ether oxygens (including phenoxy) is 2. The second kappa shape index (κ2) is 40.3. The Bertz CT molecular complexity index is 598. The topological polar surface area (TPSA) is 127 Å². The van der Waals surface area contributed by atoms with Gasteiger partial charge in [0, 0.05) is 48.2 Å². The second-order valence-electron chi connectivity index (χ2n) is 10.2. The smallest absolute Gasteiger partial charge is 0.331 e. The van der Waals surface area contributed by atoms with E-state index in [-0.39, 0.29) is 23.9 Å². The number of hydrogen-bond donors (Lipinski definition) is 2. The summed E-state index contributed by atoms with van der Waals surface area (Å²) in [7, 11) is 0. The van der Waals surface area contributed by atoms with Gasteiger partial charge < -0.3 is 19.7 Å². The molecule has 2 N–H and O–H groups in total. The van der Waals surface area contributed by atoms with Crippen molar-refractivity contribution >= 4 is 47.8 Å². The molecule has 0 saturated carbocycles. The van der Waals surface area contributed by atoms with Crippen molar-refractivity contribution in [3.8, 4) is 0 Å². The minimum Gasteiger partial charge on any atom is -0.478 e. The van der Waals surface area contributed by atoms with E-state index in [1.807, 2.05) is 0 Å². The molecule has 0 aliphatic rings. The summed E-state index contributed by atoms with van der Waals surface area (Å²) in [6.45, 7) is 18.2. The monoisotopic (exact) mass is 692 g/mol. The summed E-state index contributed by atoms with van der Waals surface area (Å²) < 4.78 is 9.62. The van der Waals surface area contributed by atoms with Gasteiger partial charge in [0.15, 0.2) is 0 Å². The van der Waals surface area contributed by atoms with Crippen LogP contribution in [0.1, 0.15) is 132 Å². The van der Waals surface area contributed by atoms with Crippen LogP contribution in [0.15, 0.2) is 24.3 Å². The van der Waals surface area contributed by atoms with Crippen LogP contribution in [0.5, 0.6) is 0 Å². The summed E-state index contributed by atoms with van der Waals surface area (Å²) in [4.78, 5) is 42.0. The average Bonchev–Trinajstić information content (AvgIpc) is 2.90. The van der Waals surface area contributed by atoms with Crippen molar-refractivity contribution in [1.82, 2.24) is 0 Å². The van der Waals surface area contributed by atoms with E-state index in [0.29, 0.717) is 25.0 Å². The van der Waals surface area contributed by atoms with Crippen LogP contribution in [0.3, 0.4) is 0 Å². The molecule has 0 saturated heterocycles. The molecule has 0 unspecified atom stereocenters. The van der Waals surface area contributed by atoms with Gasteiger partial charge >= 0.3 is 23.9 Å². The number of unbranched alkanes of at least 4 members (excludes halogenated alkanes) is 6. The van der Waals surface area contributed by atoms with Gasteiger partial charge in [-0.05, 0) is 24.7 Å². The molecule has 0 fully saturated rings. The Kier molecular flexibility index (Phi) is 48.0. The van der Waals surface area contributed by atoms with Crippen LogP contribution in [0.2, 0.25) is 0 Å². The minimum atomic E-state index is -1.14. The Morgan fingerprint density at radius 3 is 1.05 bits per heavy atom. The van der Waals surface area contributed by atoms with E-state index in [4.69, 9.17) is 19.7 Å². The maximum Gasteiger partial charge on any atom is 0.331 e. The largest absolute Gasteiger partial charge is 0.478 e. The molecule has 0 amide bonds. The number of carboxylic acid groups (broad SMARTS) is 2. The van der Waals surface area contributed by atoms with Gasteiger partial charge in [-0.15, -0.1) is 0 Å². The third-order valence-corrected chi connectivity index (χ3v) is 5.06. The van der Waals surface area contributed by atoms with Gasteiger partial charge in [-0.2, -0.15) is 0 Å². The Morgan fingerprint density at radius 1 is 0.537 bits per heavy atom. The summed E-state index contributed by atoms with van der Waals surface area (Å²) in [6.07, 6.45) is 17.1. The van der Waals surface area contributed by atoms with E-state index in [9.17, 15) is 19.2 Å². The van der Waals surface area contributed by atoms with Crippen molar-refractivity contribution in [2.45, 2.75) is 132 Å². The molecule has 0 aliphatic carbocycles. The minimum absolute atomic E-state index is 0. The Balaban J connectivity index is -0.000000163. The summed E-state index contributed by atoms with van der Waals surface area (Å²) in [5.41, 5.74) is 0. The van der Waals surface area contributed by atoms with Crippen molar-refractivity contribution < 1.29 is 38.9 Å². The Morgan fingerprint density at radius 2 is 0.829 bits per heavy atom. The number of carbonyl (C=O) groups excluding carboxylic acids is 2. The molecule has 240 valence electrons. The molecule has 8 nitrogen and oxygen atoms in total.